The van der Waals surface area contributed by atoms with Crippen molar-refractivity contribution in [3.63, 3.8) is 0 Å². The lowest BCUT2D eigenvalue weighted by Crippen LogP contribution is -2.31. The van der Waals surface area contributed by atoms with Crippen LogP contribution in [0.2, 0.25) is 0 Å². The van der Waals surface area contributed by atoms with Crippen molar-refractivity contribution < 1.29 is 4.74 Å². The van der Waals surface area contributed by atoms with Crippen LogP contribution < -0.4 is 10.1 Å². The molecule has 2 nitrogen and oxygen atoms in total. The van der Waals surface area contributed by atoms with Crippen molar-refractivity contribution in [2.75, 3.05) is 6.61 Å². The Kier molecular flexibility index (Phi) is 3.27. The van der Waals surface area contributed by atoms with Crippen LogP contribution in [0, 0.1) is 0 Å². The summed E-state index contributed by atoms with van der Waals surface area (Å²) in [6, 6.07) is 9.24. The lowest BCUT2D eigenvalue weighted by atomic mass is 10.1. The molecule has 0 amide bonds. The van der Waals surface area contributed by atoms with Gasteiger partial charge in [0.2, 0.25) is 0 Å². The van der Waals surface area contributed by atoms with Crippen LogP contribution >= 0.6 is 0 Å². The Morgan fingerprint density at radius 1 is 1.47 bits per heavy atom. The topological polar surface area (TPSA) is 21.3 Å². The molecule has 0 radical (unpaired) electrons. The van der Waals surface area contributed by atoms with Gasteiger partial charge in [0.05, 0.1) is 6.04 Å². The van der Waals surface area contributed by atoms with Gasteiger partial charge in [-0.1, -0.05) is 31.5 Å². The first kappa shape index (κ1) is 10.5. The monoisotopic (exact) mass is 205 g/mol. The highest BCUT2D eigenvalue weighted by molar-refractivity contribution is 5.39. The number of ether oxygens (including phenoxy) is 1. The Morgan fingerprint density at radius 3 is 3.07 bits per heavy atom. The van der Waals surface area contributed by atoms with Gasteiger partial charge in [-0.25, -0.2) is 0 Å². The standard InChI is InChI=1S/C13H19NO/c1-3-6-10(2)14-12-9-15-13-8-5-4-7-11(12)13/h4-5,7-8,10,12,14H,3,6,9H2,1-2H3. The van der Waals surface area contributed by atoms with Crippen LogP contribution in [-0.4, -0.2) is 12.6 Å². The van der Waals surface area contributed by atoms with Crippen molar-refractivity contribution in [1.82, 2.24) is 5.32 Å². The molecule has 2 rings (SSSR count). The minimum atomic E-state index is 0.378. The van der Waals surface area contributed by atoms with Crippen molar-refractivity contribution in [2.45, 2.75) is 38.8 Å². The smallest absolute Gasteiger partial charge is 0.124 e. The third kappa shape index (κ3) is 2.32. The molecular formula is C13H19NO. The quantitative estimate of drug-likeness (QED) is 0.816. The minimum Gasteiger partial charge on any atom is -0.491 e. The number of hydrogen-bond acceptors (Lipinski definition) is 2. The summed E-state index contributed by atoms with van der Waals surface area (Å²) in [5.41, 5.74) is 1.31. The SMILES string of the molecule is CCCC(C)NC1COc2ccccc21. The highest BCUT2D eigenvalue weighted by Gasteiger charge is 2.24. The van der Waals surface area contributed by atoms with E-state index in [1.165, 1.54) is 18.4 Å². The molecule has 0 aromatic heterocycles. The van der Waals surface area contributed by atoms with Crippen molar-refractivity contribution in [2.24, 2.45) is 0 Å². The summed E-state index contributed by atoms with van der Waals surface area (Å²) in [4.78, 5) is 0. The Balaban J connectivity index is 2.01. The Bertz CT molecular complexity index is 324. The van der Waals surface area contributed by atoms with Crippen LogP contribution in [0.1, 0.15) is 38.3 Å². The Labute approximate surface area is 91.6 Å². The first-order valence-electron chi connectivity index (χ1n) is 5.79. The molecule has 1 heterocycles. The van der Waals surface area contributed by atoms with E-state index in [1.807, 2.05) is 12.1 Å². The summed E-state index contributed by atoms with van der Waals surface area (Å²) in [6.07, 6.45) is 2.45. The average molecular weight is 205 g/mol. The van der Waals surface area contributed by atoms with Crippen LogP contribution in [0.5, 0.6) is 5.75 Å². The summed E-state index contributed by atoms with van der Waals surface area (Å²) in [7, 11) is 0. The molecule has 0 bridgehead atoms. The van der Waals surface area contributed by atoms with Crippen LogP contribution in [0.3, 0.4) is 0 Å². The maximum atomic E-state index is 5.63. The van der Waals surface area contributed by atoms with Gasteiger partial charge >= 0.3 is 0 Å². The van der Waals surface area contributed by atoms with Crippen molar-refractivity contribution in [1.29, 1.82) is 0 Å². The summed E-state index contributed by atoms with van der Waals surface area (Å²) in [6.45, 7) is 5.23. The number of benzene rings is 1. The lowest BCUT2D eigenvalue weighted by molar-refractivity contribution is 0.297. The maximum absolute atomic E-state index is 5.63. The van der Waals surface area contributed by atoms with Crippen molar-refractivity contribution in [3.05, 3.63) is 29.8 Å². The van der Waals surface area contributed by atoms with Gasteiger partial charge in [0, 0.05) is 11.6 Å². The van der Waals surface area contributed by atoms with Crippen molar-refractivity contribution >= 4 is 0 Å². The minimum absolute atomic E-state index is 0.378. The number of hydrogen-bond donors (Lipinski definition) is 1. The van der Waals surface area contributed by atoms with Gasteiger partial charge < -0.3 is 10.1 Å². The predicted molar refractivity (Wildman–Crippen MR) is 62.2 cm³/mol. The fraction of sp³-hybridized carbons (Fsp3) is 0.538. The highest BCUT2D eigenvalue weighted by Crippen LogP contribution is 2.31. The first-order chi connectivity index (χ1) is 7.31. The van der Waals surface area contributed by atoms with E-state index in [2.05, 4.69) is 31.3 Å². The van der Waals surface area contributed by atoms with E-state index < -0.39 is 0 Å². The molecule has 1 aromatic carbocycles. The molecule has 0 saturated carbocycles. The molecule has 2 unspecified atom stereocenters. The molecule has 2 atom stereocenters. The van der Waals surface area contributed by atoms with Crippen molar-refractivity contribution in [3.8, 4) is 5.75 Å². The second-order valence-corrected chi connectivity index (χ2v) is 4.26. The van der Waals surface area contributed by atoms with E-state index in [0.29, 0.717) is 12.1 Å². The largest absolute Gasteiger partial charge is 0.491 e. The predicted octanol–water partition coefficient (Wildman–Crippen LogP) is 2.90. The first-order valence-corrected chi connectivity index (χ1v) is 5.79. The van der Waals surface area contributed by atoms with Gasteiger partial charge in [0.1, 0.15) is 12.4 Å². The molecule has 15 heavy (non-hydrogen) atoms. The molecule has 2 heteroatoms. The Morgan fingerprint density at radius 2 is 2.27 bits per heavy atom. The normalized spacial score (nSPS) is 20.8. The molecule has 0 spiro atoms. The van der Waals surface area contributed by atoms with E-state index in [-0.39, 0.29) is 0 Å². The highest BCUT2D eigenvalue weighted by atomic mass is 16.5. The molecule has 0 saturated heterocycles. The number of nitrogens with one attached hydrogen (secondary N) is 1. The third-order valence-corrected chi connectivity index (χ3v) is 2.91. The van der Waals surface area contributed by atoms with Gasteiger partial charge in [-0.2, -0.15) is 0 Å². The second kappa shape index (κ2) is 4.67. The molecule has 1 aromatic rings. The third-order valence-electron chi connectivity index (χ3n) is 2.91. The molecule has 0 fully saturated rings. The molecule has 1 aliphatic heterocycles. The van der Waals surface area contributed by atoms with Crippen LogP contribution in [0.4, 0.5) is 0 Å². The van der Waals surface area contributed by atoms with Gasteiger partial charge in [-0.05, 0) is 19.4 Å². The molecule has 0 aliphatic carbocycles. The van der Waals surface area contributed by atoms with Crippen LogP contribution in [0.15, 0.2) is 24.3 Å². The van der Waals surface area contributed by atoms with Gasteiger partial charge in [-0.3, -0.25) is 0 Å². The molecule has 1 aliphatic rings. The zero-order chi connectivity index (χ0) is 10.7. The lowest BCUT2D eigenvalue weighted by Gasteiger charge is -2.17. The van der Waals surface area contributed by atoms with E-state index >= 15 is 0 Å². The second-order valence-electron chi connectivity index (χ2n) is 4.26. The summed E-state index contributed by atoms with van der Waals surface area (Å²) < 4.78 is 5.63. The molecular weight excluding hydrogens is 186 g/mol. The van der Waals surface area contributed by atoms with E-state index in [9.17, 15) is 0 Å². The van der Waals surface area contributed by atoms with E-state index in [1.54, 1.807) is 0 Å². The van der Waals surface area contributed by atoms with Gasteiger partial charge in [-0.15, -0.1) is 0 Å². The van der Waals surface area contributed by atoms with Crippen LogP contribution in [-0.2, 0) is 0 Å². The maximum Gasteiger partial charge on any atom is 0.124 e. The fourth-order valence-electron chi connectivity index (χ4n) is 2.16. The van der Waals surface area contributed by atoms with Gasteiger partial charge in [0.25, 0.3) is 0 Å². The molecule has 82 valence electrons. The number of fused-ring (bicyclic) bond motifs is 1. The van der Waals surface area contributed by atoms with Gasteiger partial charge in [0.15, 0.2) is 0 Å². The average Bonchev–Trinajstić information content (AvgIpc) is 2.62. The number of para-hydroxylation sites is 1. The van der Waals surface area contributed by atoms with E-state index in [4.69, 9.17) is 4.74 Å². The number of rotatable bonds is 4. The zero-order valence-electron chi connectivity index (χ0n) is 9.49. The summed E-state index contributed by atoms with van der Waals surface area (Å²) in [5, 5.41) is 3.61. The van der Waals surface area contributed by atoms with Crippen LogP contribution in [0.25, 0.3) is 0 Å². The summed E-state index contributed by atoms with van der Waals surface area (Å²) >= 11 is 0. The summed E-state index contributed by atoms with van der Waals surface area (Å²) in [5.74, 6) is 1.04. The molecule has 1 N–H and O–H groups in total. The fourth-order valence-corrected chi connectivity index (χ4v) is 2.16. The zero-order valence-corrected chi connectivity index (χ0v) is 9.49. The Hall–Kier alpha value is -1.02. The van der Waals surface area contributed by atoms with E-state index in [0.717, 1.165) is 12.4 Å².